The van der Waals surface area contributed by atoms with Crippen molar-refractivity contribution in [1.82, 2.24) is 4.98 Å². The van der Waals surface area contributed by atoms with Crippen molar-refractivity contribution in [3.8, 4) is 0 Å². The molecule has 0 amide bonds. The maximum Gasteiger partial charge on any atom is 0.133 e. The molecule has 1 unspecified atom stereocenters. The van der Waals surface area contributed by atoms with Crippen LogP contribution >= 0.6 is 11.6 Å². The Hall–Kier alpha value is -1.74. The maximum atomic E-state index is 5.86. The Labute approximate surface area is 111 Å². The molecule has 1 aliphatic carbocycles. The van der Waals surface area contributed by atoms with E-state index in [1.54, 1.807) is 12.1 Å². The van der Waals surface area contributed by atoms with Gasteiger partial charge in [0.25, 0.3) is 0 Å². The van der Waals surface area contributed by atoms with Gasteiger partial charge in [-0.1, -0.05) is 35.9 Å². The van der Waals surface area contributed by atoms with Crippen molar-refractivity contribution in [2.75, 3.05) is 17.6 Å². The fourth-order valence-corrected chi connectivity index (χ4v) is 2.60. The van der Waals surface area contributed by atoms with Gasteiger partial charge in [-0.25, -0.2) is 4.98 Å². The number of nitrogens with zero attached hydrogens (tertiary/aromatic N) is 1. The minimum atomic E-state index is 0.423. The average Bonchev–Trinajstić information content (AvgIpc) is 2.29. The van der Waals surface area contributed by atoms with Gasteiger partial charge in [-0.05, 0) is 23.6 Å². The fraction of sp³-hybridized carbons (Fsp3) is 0.214. The summed E-state index contributed by atoms with van der Waals surface area (Å²) in [5, 5.41) is 3.72. The predicted molar refractivity (Wildman–Crippen MR) is 75.0 cm³/mol. The molecule has 0 bridgehead atoms. The van der Waals surface area contributed by atoms with Crippen molar-refractivity contribution in [3.63, 3.8) is 0 Å². The van der Waals surface area contributed by atoms with Gasteiger partial charge in [-0.3, -0.25) is 0 Å². The van der Waals surface area contributed by atoms with E-state index in [1.807, 2.05) is 0 Å². The zero-order chi connectivity index (χ0) is 12.5. The molecule has 0 saturated carbocycles. The molecule has 1 aromatic heterocycles. The Bertz CT molecular complexity index is 563. The summed E-state index contributed by atoms with van der Waals surface area (Å²) in [4.78, 5) is 4.19. The summed E-state index contributed by atoms with van der Waals surface area (Å²) >= 11 is 5.86. The first-order valence-corrected chi connectivity index (χ1v) is 6.35. The highest BCUT2D eigenvalue weighted by Gasteiger charge is 2.24. The zero-order valence-corrected chi connectivity index (χ0v) is 10.6. The van der Waals surface area contributed by atoms with E-state index in [0.717, 1.165) is 18.8 Å². The highest BCUT2D eigenvalue weighted by Crippen LogP contribution is 2.34. The number of pyridine rings is 1. The van der Waals surface area contributed by atoms with Gasteiger partial charge in [-0.2, -0.15) is 0 Å². The number of rotatable bonds is 3. The minimum absolute atomic E-state index is 0.423. The molecule has 1 heterocycles. The molecule has 3 N–H and O–H groups in total. The van der Waals surface area contributed by atoms with Gasteiger partial charge in [0.1, 0.15) is 11.0 Å². The van der Waals surface area contributed by atoms with Gasteiger partial charge in [0, 0.05) is 24.2 Å². The third kappa shape index (κ3) is 2.14. The number of fused-ring (bicyclic) bond motifs is 1. The van der Waals surface area contributed by atoms with Crippen molar-refractivity contribution >= 4 is 23.1 Å². The summed E-state index contributed by atoms with van der Waals surface area (Å²) in [6.45, 7) is 0.865. The normalized spacial score (nSPS) is 16.8. The Kier molecular flexibility index (Phi) is 2.84. The lowest BCUT2D eigenvalue weighted by molar-refractivity contribution is 0.634. The largest absolute Gasteiger partial charge is 0.399 e. The third-order valence-corrected chi connectivity index (χ3v) is 3.50. The summed E-state index contributed by atoms with van der Waals surface area (Å²) in [5.74, 6) is 1.30. The van der Waals surface area contributed by atoms with Crippen LogP contribution in [0.3, 0.4) is 0 Å². The van der Waals surface area contributed by atoms with Crippen LogP contribution in [0.1, 0.15) is 17.0 Å². The molecule has 1 atom stereocenters. The van der Waals surface area contributed by atoms with E-state index in [0.29, 0.717) is 16.8 Å². The minimum Gasteiger partial charge on any atom is -0.399 e. The standard InChI is InChI=1S/C14H14ClN3/c15-13-6-11(16)7-14(18-13)17-8-10-5-9-3-1-2-4-12(9)10/h1-4,6-7,10H,5,8H2,(H3,16,17,18). The van der Waals surface area contributed by atoms with E-state index in [9.17, 15) is 0 Å². The van der Waals surface area contributed by atoms with Crippen LogP contribution in [0, 0.1) is 0 Å². The Morgan fingerprint density at radius 2 is 2.17 bits per heavy atom. The smallest absolute Gasteiger partial charge is 0.133 e. The molecule has 1 aliphatic rings. The van der Waals surface area contributed by atoms with Crippen molar-refractivity contribution in [3.05, 3.63) is 52.7 Å². The van der Waals surface area contributed by atoms with E-state index in [4.69, 9.17) is 17.3 Å². The number of aromatic nitrogens is 1. The van der Waals surface area contributed by atoms with E-state index >= 15 is 0 Å². The predicted octanol–water partition coefficient (Wildman–Crippen LogP) is 3.07. The molecule has 0 spiro atoms. The molecule has 18 heavy (non-hydrogen) atoms. The molecule has 3 rings (SSSR count). The number of nitrogens with two attached hydrogens (primary N) is 1. The molecule has 0 aliphatic heterocycles. The van der Waals surface area contributed by atoms with Crippen LogP contribution in [0.4, 0.5) is 11.5 Å². The van der Waals surface area contributed by atoms with Crippen LogP contribution < -0.4 is 11.1 Å². The van der Waals surface area contributed by atoms with Crippen molar-refractivity contribution in [2.45, 2.75) is 12.3 Å². The lowest BCUT2D eigenvalue weighted by Crippen LogP contribution is -2.24. The van der Waals surface area contributed by atoms with Gasteiger partial charge in [-0.15, -0.1) is 0 Å². The van der Waals surface area contributed by atoms with Crippen LogP contribution in [0.2, 0.25) is 5.15 Å². The summed E-state index contributed by atoms with van der Waals surface area (Å²) in [7, 11) is 0. The van der Waals surface area contributed by atoms with Gasteiger partial charge in [0.05, 0.1) is 0 Å². The SMILES string of the molecule is Nc1cc(Cl)nc(NCC2Cc3ccccc32)c1. The highest BCUT2D eigenvalue weighted by molar-refractivity contribution is 6.29. The van der Waals surface area contributed by atoms with Gasteiger partial charge in [0.15, 0.2) is 0 Å². The summed E-state index contributed by atoms with van der Waals surface area (Å²) in [6.07, 6.45) is 1.12. The summed E-state index contributed by atoms with van der Waals surface area (Å²) in [5.41, 5.74) is 9.23. The van der Waals surface area contributed by atoms with Crippen LogP contribution in [-0.4, -0.2) is 11.5 Å². The third-order valence-electron chi connectivity index (χ3n) is 3.31. The Morgan fingerprint density at radius 1 is 1.33 bits per heavy atom. The first kappa shape index (κ1) is 11.4. The average molecular weight is 260 g/mol. The number of hydrogen-bond acceptors (Lipinski definition) is 3. The van der Waals surface area contributed by atoms with Gasteiger partial charge in [0.2, 0.25) is 0 Å². The van der Waals surface area contributed by atoms with Crippen molar-refractivity contribution in [2.24, 2.45) is 0 Å². The highest BCUT2D eigenvalue weighted by atomic mass is 35.5. The molecule has 92 valence electrons. The number of hydrogen-bond donors (Lipinski definition) is 2. The fourth-order valence-electron chi connectivity index (χ4n) is 2.38. The van der Waals surface area contributed by atoms with Gasteiger partial charge >= 0.3 is 0 Å². The first-order valence-electron chi connectivity index (χ1n) is 5.97. The Balaban J connectivity index is 1.66. The van der Waals surface area contributed by atoms with E-state index in [-0.39, 0.29) is 0 Å². The molecule has 4 heteroatoms. The Morgan fingerprint density at radius 3 is 2.94 bits per heavy atom. The molecule has 3 nitrogen and oxygen atoms in total. The number of benzene rings is 1. The second-order valence-electron chi connectivity index (χ2n) is 4.59. The van der Waals surface area contributed by atoms with Crippen molar-refractivity contribution < 1.29 is 0 Å². The molecule has 0 saturated heterocycles. The number of halogens is 1. The topological polar surface area (TPSA) is 50.9 Å². The monoisotopic (exact) mass is 259 g/mol. The molecule has 0 radical (unpaired) electrons. The number of nitrogen functional groups attached to an aromatic ring is 1. The second-order valence-corrected chi connectivity index (χ2v) is 4.98. The summed E-state index contributed by atoms with van der Waals surface area (Å²) < 4.78 is 0. The van der Waals surface area contributed by atoms with E-state index in [1.165, 1.54) is 11.1 Å². The first-order chi connectivity index (χ1) is 8.72. The molecule has 0 fully saturated rings. The van der Waals surface area contributed by atoms with Crippen LogP contribution in [0.15, 0.2) is 36.4 Å². The molecule has 1 aromatic carbocycles. The lowest BCUT2D eigenvalue weighted by atomic mass is 9.77. The van der Waals surface area contributed by atoms with Gasteiger partial charge < -0.3 is 11.1 Å². The van der Waals surface area contributed by atoms with Crippen LogP contribution in [0.5, 0.6) is 0 Å². The number of anilines is 2. The van der Waals surface area contributed by atoms with Crippen LogP contribution in [-0.2, 0) is 6.42 Å². The van der Waals surface area contributed by atoms with E-state index < -0.39 is 0 Å². The maximum absolute atomic E-state index is 5.86. The second kappa shape index (κ2) is 4.50. The van der Waals surface area contributed by atoms with Crippen LogP contribution in [0.25, 0.3) is 0 Å². The summed E-state index contributed by atoms with van der Waals surface area (Å²) in [6, 6.07) is 12.0. The zero-order valence-electron chi connectivity index (χ0n) is 9.86. The lowest BCUT2D eigenvalue weighted by Gasteiger charge is -2.30. The molecule has 2 aromatic rings. The van der Waals surface area contributed by atoms with E-state index in [2.05, 4.69) is 34.6 Å². The number of nitrogens with one attached hydrogen (secondary N) is 1. The quantitative estimate of drug-likeness (QED) is 0.833. The molecular weight excluding hydrogens is 246 g/mol. The van der Waals surface area contributed by atoms with Crippen molar-refractivity contribution in [1.29, 1.82) is 0 Å². The molecular formula is C14H14ClN3.